The Morgan fingerprint density at radius 2 is 1.27 bits per heavy atom. The number of hydrogen-bond acceptors (Lipinski definition) is 3. The molecule has 0 fully saturated rings. The molecule has 2 rings (SSSR count). The number of unbranched alkanes of at least 4 members (excludes halogenated alkanes) is 8. The summed E-state index contributed by atoms with van der Waals surface area (Å²) >= 11 is 0. The average molecular weight is 408 g/mol. The van der Waals surface area contributed by atoms with Gasteiger partial charge in [-0.25, -0.2) is 0 Å². The molecular formula is C25H29NO4. The van der Waals surface area contributed by atoms with Crippen LogP contribution >= 0.6 is 0 Å². The lowest BCUT2D eigenvalue weighted by atomic mass is 10.1. The number of fused-ring (bicyclic) bond motifs is 1. The molecule has 1 aliphatic heterocycles. The van der Waals surface area contributed by atoms with Gasteiger partial charge in [-0.1, -0.05) is 56.1 Å². The van der Waals surface area contributed by atoms with Crippen molar-refractivity contribution in [3.05, 3.63) is 35.4 Å². The number of aliphatic carboxylic acids is 1. The molecular weight excluding hydrogens is 378 g/mol. The number of carbonyl (C=O) groups is 3. The van der Waals surface area contributed by atoms with Crippen molar-refractivity contribution in [1.82, 2.24) is 4.90 Å². The van der Waals surface area contributed by atoms with Crippen LogP contribution in [0.2, 0.25) is 0 Å². The molecule has 0 saturated carbocycles. The highest BCUT2D eigenvalue weighted by Gasteiger charge is 2.34. The van der Waals surface area contributed by atoms with Gasteiger partial charge in [0.2, 0.25) is 0 Å². The summed E-state index contributed by atoms with van der Waals surface area (Å²) in [6, 6.07) is 7.01. The Morgan fingerprint density at radius 3 is 1.83 bits per heavy atom. The first-order chi connectivity index (χ1) is 14.6. The second-order valence-electron chi connectivity index (χ2n) is 7.38. The highest BCUT2D eigenvalue weighted by molar-refractivity contribution is 6.21. The number of carboxylic acids is 1. The Morgan fingerprint density at radius 1 is 0.767 bits per heavy atom. The van der Waals surface area contributed by atoms with Gasteiger partial charge in [-0.05, 0) is 43.2 Å². The van der Waals surface area contributed by atoms with Crippen LogP contribution in [0.4, 0.5) is 0 Å². The van der Waals surface area contributed by atoms with Gasteiger partial charge in [-0.15, -0.1) is 0 Å². The molecule has 0 saturated heterocycles. The number of rotatable bonds is 12. The molecule has 1 aromatic carbocycles. The van der Waals surface area contributed by atoms with Gasteiger partial charge >= 0.3 is 5.97 Å². The van der Waals surface area contributed by atoms with Gasteiger partial charge in [-0.2, -0.15) is 0 Å². The molecule has 0 atom stereocenters. The molecule has 1 heterocycles. The van der Waals surface area contributed by atoms with Gasteiger partial charge in [0.25, 0.3) is 11.8 Å². The SMILES string of the molecule is O=C(O)CCCC#CC#CCCCCCCCCCN1C(=O)c2ccccc2C1=O. The van der Waals surface area contributed by atoms with Crippen molar-refractivity contribution in [3.8, 4) is 23.7 Å². The average Bonchev–Trinajstić information content (AvgIpc) is 2.98. The number of carbonyl (C=O) groups excluding carboxylic acids is 2. The summed E-state index contributed by atoms with van der Waals surface area (Å²) < 4.78 is 0. The van der Waals surface area contributed by atoms with E-state index >= 15 is 0 Å². The predicted octanol–water partition coefficient (Wildman–Crippen LogP) is 4.67. The standard InChI is InChI=1S/C25H29NO4/c27-23(28)19-13-11-9-7-5-3-1-2-4-6-8-10-12-16-20-26-24(29)21-17-14-15-18-22(21)25(26)30/h14-15,17-18H,1-2,4,6,8,10-13,16,19-20H2,(H,27,28). The Bertz CT molecular complexity index is 831. The summed E-state index contributed by atoms with van der Waals surface area (Å²) in [6.07, 6.45) is 9.63. The van der Waals surface area contributed by atoms with E-state index in [4.69, 9.17) is 5.11 Å². The molecule has 30 heavy (non-hydrogen) atoms. The number of benzene rings is 1. The lowest BCUT2D eigenvalue weighted by Crippen LogP contribution is -2.30. The third-order valence-electron chi connectivity index (χ3n) is 4.99. The summed E-state index contributed by atoms with van der Waals surface area (Å²) in [5, 5.41) is 8.51. The Balaban J connectivity index is 1.45. The van der Waals surface area contributed by atoms with E-state index in [0.717, 1.165) is 51.4 Å². The van der Waals surface area contributed by atoms with Crippen molar-refractivity contribution in [3.63, 3.8) is 0 Å². The van der Waals surface area contributed by atoms with Crippen LogP contribution in [0.15, 0.2) is 24.3 Å². The van der Waals surface area contributed by atoms with Gasteiger partial charge < -0.3 is 5.11 Å². The molecule has 0 radical (unpaired) electrons. The van der Waals surface area contributed by atoms with E-state index in [1.165, 1.54) is 4.90 Å². The van der Waals surface area contributed by atoms with Crippen molar-refractivity contribution >= 4 is 17.8 Å². The number of amides is 2. The molecule has 1 N–H and O–H groups in total. The molecule has 5 heteroatoms. The summed E-state index contributed by atoms with van der Waals surface area (Å²) in [4.78, 5) is 36.3. The summed E-state index contributed by atoms with van der Waals surface area (Å²) in [5.41, 5.74) is 1.05. The number of carboxylic acid groups (broad SMARTS) is 1. The molecule has 158 valence electrons. The van der Waals surface area contributed by atoms with Crippen LogP contribution in [0, 0.1) is 23.7 Å². The quantitative estimate of drug-likeness (QED) is 0.310. The first-order valence-corrected chi connectivity index (χ1v) is 10.7. The topological polar surface area (TPSA) is 74.7 Å². The highest BCUT2D eigenvalue weighted by atomic mass is 16.4. The zero-order valence-electron chi connectivity index (χ0n) is 17.4. The number of hydrogen-bond donors (Lipinski definition) is 1. The lowest BCUT2D eigenvalue weighted by molar-refractivity contribution is -0.137. The largest absolute Gasteiger partial charge is 0.481 e. The second-order valence-corrected chi connectivity index (χ2v) is 7.38. The fourth-order valence-corrected chi connectivity index (χ4v) is 3.35. The minimum absolute atomic E-state index is 0.158. The zero-order valence-corrected chi connectivity index (χ0v) is 17.4. The van der Waals surface area contributed by atoms with Gasteiger partial charge in [0.05, 0.1) is 11.1 Å². The minimum Gasteiger partial charge on any atom is -0.481 e. The van der Waals surface area contributed by atoms with E-state index in [2.05, 4.69) is 23.7 Å². The lowest BCUT2D eigenvalue weighted by Gasteiger charge is -2.13. The van der Waals surface area contributed by atoms with E-state index < -0.39 is 5.97 Å². The summed E-state index contributed by atoms with van der Waals surface area (Å²) in [5.74, 6) is 10.4. The van der Waals surface area contributed by atoms with Crippen molar-refractivity contribution in [2.45, 2.75) is 70.6 Å². The zero-order chi connectivity index (χ0) is 21.6. The monoisotopic (exact) mass is 407 g/mol. The van der Waals surface area contributed by atoms with Crippen LogP contribution in [0.5, 0.6) is 0 Å². The smallest absolute Gasteiger partial charge is 0.303 e. The van der Waals surface area contributed by atoms with E-state index in [1.54, 1.807) is 24.3 Å². The van der Waals surface area contributed by atoms with Crippen molar-refractivity contribution in [2.24, 2.45) is 0 Å². The van der Waals surface area contributed by atoms with Crippen LogP contribution in [0.1, 0.15) is 91.3 Å². The second kappa shape index (κ2) is 13.2. The molecule has 0 aromatic heterocycles. The highest BCUT2D eigenvalue weighted by Crippen LogP contribution is 2.22. The molecule has 5 nitrogen and oxygen atoms in total. The van der Waals surface area contributed by atoms with Gasteiger partial charge in [0, 0.05) is 25.8 Å². The van der Waals surface area contributed by atoms with E-state index in [9.17, 15) is 14.4 Å². The fourth-order valence-electron chi connectivity index (χ4n) is 3.35. The molecule has 0 aliphatic carbocycles. The normalized spacial score (nSPS) is 12.1. The molecule has 0 unspecified atom stereocenters. The number of nitrogens with zero attached hydrogens (tertiary/aromatic N) is 1. The van der Waals surface area contributed by atoms with Crippen molar-refractivity contribution in [1.29, 1.82) is 0 Å². The fraction of sp³-hybridized carbons (Fsp3) is 0.480. The van der Waals surface area contributed by atoms with Crippen molar-refractivity contribution in [2.75, 3.05) is 6.54 Å². The van der Waals surface area contributed by atoms with Gasteiger partial charge in [0.1, 0.15) is 0 Å². The van der Waals surface area contributed by atoms with Crippen LogP contribution in [-0.4, -0.2) is 34.3 Å². The molecule has 0 bridgehead atoms. The molecule has 2 amide bonds. The first-order valence-electron chi connectivity index (χ1n) is 10.7. The van der Waals surface area contributed by atoms with Crippen LogP contribution in [-0.2, 0) is 4.79 Å². The molecule has 1 aliphatic rings. The van der Waals surface area contributed by atoms with Gasteiger partial charge in [-0.3, -0.25) is 19.3 Å². The minimum atomic E-state index is -0.786. The van der Waals surface area contributed by atoms with E-state index in [1.807, 2.05) is 0 Å². The van der Waals surface area contributed by atoms with Crippen LogP contribution < -0.4 is 0 Å². The van der Waals surface area contributed by atoms with Crippen LogP contribution in [0.25, 0.3) is 0 Å². The molecule has 1 aromatic rings. The maximum Gasteiger partial charge on any atom is 0.303 e. The Kier molecular flexibility index (Phi) is 10.2. The Hall–Kier alpha value is -3.05. The third-order valence-corrected chi connectivity index (χ3v) is 4.99. The van der Waals surface area contributed by atoms with Gasteiger partial charge in [0.15, 0.2) is 0 Å². The maximum atomic E-state index is 12.3. The molecule has 0 spiro atoms. The van der Waals surface area contributed by atoms with E-state index in [0.29, 0.717) is 30.5 Å². The van der Waals surface area contributed by atoms with E-state index in [-0.39, 0.29) is 18.2 Å². The predicted molar refractivity (Wildman–Crippen MR) is 116 cm³/mol. The number of imide groups is 1. The summed E-state index contributed by atoms with van der Waals surface area (Å²) in [7, 11) is 0. The van der Waals surface area contributed by atoms with Crippen LogP contribution in [0.3, 0.4) is 0 Å². The van der Waals surface area contributed by atoms with Crippen molar-refractivity contribution < 1.29 is 19.5 Å². The Labute approximate surface area is 178 Å². The summed E-state index contributed by atoms with van der Waals surface area (Å²) in [6.45, 7) is 0.499. The maximum absolute atomic E-state index is 12.3. The first kappa shape index (κ1) is 23.2. The third kappa shape index (κ3) is 7.76.